The Morgan fingerprint density at radius 2 is 2.11 bits per heavy atom. The predicted molar refractivity (Wildman–Crippen MR) is 103 cm³/mol. The first-order valence-electron chi connectivity index (χ1n) is 8.79. The number of halogens is 1. The average molecular weight is 406 g/mol. The summed E-state index contributed by atoms with van der Waals surface area (Å²) >= 11 is 6.09. The number of benzene rings is 2. The molecular formula is C20H20ClNO6. The molecule has 0 heterocycles. The van der Waals surface area contributed by atoms with Crippen molar-refractivity contribution in [1.29, 1.82) is 0 Å². The molecule has 148 valence electrons. The number of esters is 1. The van der Waals surface area contributed by atoms with Crippen LogP contribution in [0.1, 0.15) is 34.3 Å². The molecule has 0 saturated carbocycles. The average Bonchev–Trinajstić information content (AvgIpc) is 2.71. The minimum absolute atomic E-state index is 0.0339. The van der Waals surface area contributed by atoms with Crippen molar-refractivity contribution >= 4 is 23.3 Å². The number of carbonyl (C=O) groups is 1. The highest BCUT2D eigenvalue weighted by Crippen LogP contribution is 2.39. The zero-order chi connectivity index (χ0) is 20.3. The number of aliphatic hydroxyl groups is 1. The van der Waals surface area contributed by atoms with Crippen molar-refractivity contribution < 1.29 is 24.3 Å². The maximum atomic E-state index is 11.6. The molecule has 2 aromatic carbocycles. The molecule has 0 spiro atoms. The third kappa shape index (κ3) is 3.81. The molecule has 0 radical (unpaired) electrons. The molecule has 7 nitrogen and oxygen atoms in total. The molecule has 1 atom stereocenters. The fourth-order valence-corrected chi connectivity index (χ4v) is 3.84. The van der Waals surface area contributed by atoms with Crippen LogP contribution in [0.3, 0.4) is 0 Å². The van der Waals surface area contributed by atoms with Crippen LogP contribution < -0.4 is 4.74 Å². The summed E-state index contributed by atoms with van der Waals surface area (Å²) < 4.78 is 10.4. The second kappa shape index (κ2) is 8.16. The zero-order valence-electron chi connectivity index (χ0n) is 15.3. The predicted octanol–water partition coefficient (Wildman–Crippen LogP) is 3.68. The van der Waals surface area contributed by atoms with Gasteiger partial charge in [-0.25, -0.2) is 4.79 Å². The summed E-state index contributed by atoms with van der Waals surface area (Å²) in [6, 6.07) is 9.44. The fourth-order valence-electron chi connectivity index (χ4n) is 3.64. The SMILES string of the molecule is COC(=O)c1ccc(OCC2(CO)CCCc3cc(Cl)ccc32)c([N+](=O)[O-])c1. The van der Waals surface area contributed by atoms with E-state index in [9.17, 15) is 20.0 Å². The Balaban J connectivity index is 1.91. The maximum Gasteiger partial charge on any atom is 0.338 e. The van der Waals surface area contributed by atoms with Gasteiger partial charge in [0.15, 0.2) is 5.75 Å². The number of nitro benzene ring substituents is 1. The van der Waals surface area contributed by atoms with Gasteiger partial charge < -0.3 is 14.6 Å². The highest BCUT2D eigenvalue weighted by atomic mass is 35.5. The lowest BCUT2D eigenvalue weighted by molar-refractivity contribution is -0.386. The van der Waals surface area contributed by atoms with Gasteiger partial charge in [0.2, 0.25) is 0 Å². The first kappa shape index (κ1) is 20.1. The molecule has 0 aliphatic heterocycles. The molecular weight excluding hydrogens is 386 g/mol. The van der Waals surface area contributed by atoms with Gasteiger partial charge >= 0.3 is 11.7 Å². The topological polar surface area (TPSA) is 98.9 Å². The van der Waals surface area contributed by atoms with Crippen LogP contribution >= 0.6 is 11.6 Å². The Kier molecular flexibility index (Phi) is 5.86. The van der Waals surface area contributed by atoms with E-state index in [0.29, 0.717) is 11.4 Å². The third-order valence-corrected chi connectivity index (χ3v) is 5.36. The Bertz CT molecular complexity index is 916. The number of nitrogens with zero attached hydrogens (tertiary/aromatic N) is 1. The highest BCUT2D eigenvalue weighted by Gasteiger charge is 2.37. The lowest BCUT2D eigenvalue weighted by Gasteiger charge is -2.37. The van der Waals surface area contributed by atoms with Gasteiger partial charge in [0.25, 0.3) is 0 Å². The standard InChI is InChI=1S/C20H20ClNO6/c1-27-19(24)14-4-7-18(17(10-14)22(25)26)28-12-20(11-23)8-2-3-13-9-15(21)5-6-16(13)20/h4-7,9-10,23H,2-3,8,11-12H2,1H3. The van der Waals surface area contributed by atoms with Crippen LogP contribution in [-0.2, 0) is 16.6 Å². The lowest BCUT2D eigenvalue weighted by Crippen LogP contribution is -2.40. The Morgan fingerprint density at radius 1 is 1.32 bits per heavy atom. The molecule has 8 heteroatoms. The van der Waals surface area contributed by atoms with Gasteiger partial charge in [-0.2, -0.15) is 0 Å². The van der Waals surface area contributed by atoms with Crippen molar-refractivity contribution in [3.05, 3.63) is 68.2 Å². The smallest absolute Gasteiger partial charge is 0.338 e. The van der Waals surface area contributed by atoms with Gasteiger partial charge in [0.1, 0.15) is 6.61 Å². The van der Waals surface area contributed by atoms with Gasteiger partial charge in [0, 0.05) is 11.1 Å². The normalized spacial score (nSPS) is 18.2. The summed E-state index contributed by atoms with van der Waals surface area (Å²) in [7, 11) is 1.20. The van der Waals surface area contributed by atoms with Gasteiger partial charge in [-0.1, -0.05) is 17.7 Å². The molecule has 28 heavy (non-hydrogen) atoms. The maximum absolute atomic E-state index is 11.6. The highest BCUT2D eigenvalue weighted by molar-refractivity contribution is 6.30. The van der Waals surface area contributed by atoms with Crippen molar-refractivity contribution in [3.8, 4) is 5.75 Å². The molecule has 0 bridgehead atoms. The molecule has 0 fully saturated rings. The van der Waals surface area contributed by atoms with E-state index >= 15 is 0 Å². The Labute approximate surface area is 167 Å². The number of rotatable bonds is 6. The molecule has 2 aromatic rings. The first-order valence-corrected chi connectivity index (χ1v) is 9.17. The minimum atomic E-state index is -0.674. The summed E-state index contributed by atoms with van der Waals surface area (Å²) in [4.78, 5) is 22.5. The Hall–Kier alpha value is -2.64. The van der Waals surface area contributed by atoms with Gasteiger partial charge in [-0.15, -0.1) is 0 Å². The van der Waals surface area contributed by atoms with E-state index < -0.39 is 16.3 Å². The monoisotopic (exact) mass is 405 g/mol. The van der Waals surface area contributed by atoms with E-state index in [-0.39, 0.29) is 30.2 Å². The number of hydrogen-bond donors (Lipinski definition) is 1. The number of ether oxygens (including phenoxy) is 2. The van der Waals surface area contributed by atoms with Crippen molar-refractivity contribution in [2.75, 3.05) is 20.3 Å². The second-order valence-corrected chi connectivity index (χ2v) is 7.25. The second-order valence-electron chi connectivity index (χ2n) is 6.81. The van der Waals surface area contributed by atoms with Gasteiger partial charge in [-0.3, -0.25) is 10.1 Å². The van der Waals surface area contributed by atoms with Crippen LogP contribution in [0, 0.1) is 10.1 Å². The molecule has 1 aliphatic rings. The summed E-state index contributed by atoms with van der Waals surface area (Å²) in [5, 5.41) is 22.2. The van der Waals surface area contributed by atoms with Crippen LogP contribution in [0.5, 0.6) is 5.75 Å². The van der Waals surface area contributed by atoms with E-state index in [0.717, 1.165) is 30.0 Å². The van der Waals surface area contributed by atoms with Crippen molar-refractivity contribution in [2.24, 2.45) is 0 Å². The number of hydrogen-bond acceptors (Lipinski definition) is 6. The zero-order valence-corrected chi connectivity index (χ0v) is 16.1. The van der Waals surface area contributed by atoms with Crippen molar-refractivity contribution in [3.63, 3.8) is 0 Å². The minimum Gasteiger partial charge on any atom is -0.486 e. The van der Waals surface area contributed by atoms with E-state index in [1.54, 1.807) is 6.07 Å². The summed E-state index contributed by atoms with van der Waals surface area (Å²) in [6.45, 7) is -0.0911. The van der Waals surface area contributed by atoms with Crippen LogP contribution in [0.15, 0.2) is 36.4 Å². The molecule has 1 N–H and O–H groups in total. The quantitative estimate of drug-likeness (QED) is 0.447. The molecule has 3 rings (SSSR count). The lowest BCUT2D eigenvalue weighted by atomic mass is 9.71. The first-order chi connectivity index (χ1) is 13.4. The van der Waals surface area contributed by atoms with Crippen molar-refractivity contribution in [1.82, 2.24) is 0 Å². The number of carbonyl (C=O) groups excluding carboxylic acids is 1. The van der Waals surface area contributed by atoms with Gasteiger partial charge in [-0.05, 0) is 54.7 Å². The van der Waals surface area contributed by atoms with E-state index in [2.05, 4.69) is 4.74 Å². The number of methoxy groups -OCH3 is 1. The molecule has 0 amide bonds. The van der Waals surface area contributed by atoms with E-state index in [4.69, 9.17) is 16.3 Å². The number of fused-ring (bicyclic) bond motifs is 1. The number of aliphatic hydroxyl groups excluding tert-OH is 1. The van der Waals surface area contributed by atoms with Crippen LogP contribution in [0.4, 0.5) is 5.69 Å². The number of nitro groups is 1. The fraction of sp³-hybridized carbons (Fsp3) is 0.350. The third-order valence-electron chi connectivity index (χ3n) is 5.12. The Morgan fingerprint density at radius 3 is 2.79 bits per heavy atom. The van der Waals surface area contributed by atoms with Crippen LogP contribution in [0.2, 0.25) is 5.02 Å². The summed E-state index contributed by atoms with van der Waals surface area (Å²) in [5.74, 6) is -0.633. The van der Waals surface area contributed by atoms with E-state index in [1.165, 1.54) is 19.2 Å². The van der Waals surface area contributed by atoms with Crippen LogP contribution in [-0.4, -0.2) is 36.3 Å². The largest absolute Gasteiger partial charge is 0.486 e. The molecule has 1 aliphatic carbocycles. The number of aryl methyl sites for hydroxylation is 1. The van der Waals surface area contributed by atoms with Crippen LogP contribution in [0.25, 0.3) is 0 Å². The molecule has 0 saturated heterocycles. The van der Waals surface area contributed by atoms with Crippen molar-refractivity contribution in [2.45, 2.75) is 24.7 Å². The summed E-state index contributed by atoms with van der Waals surface area (Å²) in [5.41, 5.74) is 1.05. The molecule has 1 unspecified atom stereocenters. The molecule has 0 aromatic heterocycles. The van der Waals surface area contributed by atoms with E-state index in [1.807, 2.05) is 12.1 Å². The van der Waals surface area contributed by atoms with Gasteiger partial charge in [0.05, 0.1) is 29.6 Å². The summed E-state index contributed by atoms with van der Waals surface area (Å²) in [6.07, 6.45) is 2.39.